The van der Waals surface area contributed by atoms with Gasteiger partial charge in [-0.3, -0.25) is 4.40 Å². The molecule has 0 spiro atoms. The maximum atomic E-state index is 5.92. The Kier molecular flexibility index (Phi) is 6.69. The lowest BCUT2D eigenvalue weighted by Gasteiger charge is -2.29. The second kappa shape index (κ2) is 11.8. The summed E-state index contributed by atoms with van der Waals surface area (Å²) < 4.78 is 5.03. The lowest BCUT2D eigenvalue weighted by atomic mass is 9.84. The van der Waals surface area contributed by atoms with Crippen LogP contribution in [0.15, 0.2) is 158 Å². The molecule has 0 aliphatic carbocycles. The van der Waals surface area contributed by atoms with Crippen molar-refractivity contribution in [3.63, 3.8) is 0 Å². The van der Waals surface area contributed by atoms with Crippen LogP contribution in [0.1, 0.15) is 52.7 Å². The predicted octanol–water partition coefficient (Wildman–Crippen LogP) is 15.8. The zero-order chi connectivity index (χ0) is 41.1. The van der Waals surface area contributed by atoms with Crippen molar-refractivity contribution in [2.24, 2.45) is 0 Å². The van der Waals surface area contributed by atoms with Crippen LogP contribution in [-0.2, 0) is 10.8 Å². The summed E-state index contributed by atoms with van der Waals surface area (Å²) in [6, 6.07) is 58.8. The molecule has 4 heteroatoms. The first-order valence-electron chi connectivity index (χ1n) is 21.6. The predicted molar refractivity (Wildman–Crippen MR) is 261 cm³/mol. The summed E-state index contributed by atoms with van der Waals surface area (Å²) in [4.78, 5) is 8.37. The van der Waals surface area contributed by atoms with E-state index in [1.165, 1.54) is 92.4 Å². The third kappa shape index (κ3) is 4.68. The highest BCUT2D eigenvalue weighted by Crippen LogP contribution is 2.50. The highest BCUT2D eigenvalue weighted by Gasteiger charge is 2.30. The van der Waals surface area contributed by atoms with E-state index in [1.807, 2.05) is 0 Å². The molecule has 13 aromatic rings. The van der Waals surface area contributed by atoms with E-state index >= 15 is 0 Å². The van der Waals surface area contributed by atoms with Gasteiger partial charge in [0.2, 0.25) is 0 Å². The summed E-state index contributed by atoms with van der Waals surface area (Å²) in [5, 5.41) is 13.7. The highest BCUT2D eigenvalue weighted by molar-refractivity contribution is 6.33. The van der Waals surface area contributed by atoms with E-state index in [2.05, 4.69) is 213 Å². The largest absolute Gasteiger partial charge is 0.308 e. The second-order valence-corrected chi connectivity index (χ2v) is 19.3. The Morgan fingerprint density at radius 3 is 1.61 bits per heavy atom. The van der Waals surface area contributed by atoms with Crippen LogP contribution < -0.4 is 4.90 Å². The maximum Gasteiger partial charge on any atom is 0.146 e. The fourth-order valence-corrected chi connectivity index (χ4v) is 10.5. The molecule has 292 valence electrons. The zero-order valence-corrected chi connectivity index (χ0v) is 35.3. The van der Waals surface area contributed by atoms with Gasteiger partial charge in [-0.25, -0.2) is 4.98 Å². The molecular weight excluding hydrogens is 741 g/mol. The topological polar surface area (TPSA) is 25.0 Å². The van der Waals surface area contributed by atoms with Crippen molar-refractivity contribution in [2.45, 2.75) is 52.4 Å². The Hall–Kier alpha value is -7.17. The third-order valence-corrected chi connectivity index (χ3v) is 13.5. The molecule has 0 unspecified atom stereocenters. The van der Waals surface area contributed by atoms with Gasteiger partial charge in [0, 0.05) is 49.1 Å². The monoisotopic (exact) mass is 784 g/mol. The number of fused-ring (bicyclic) bond motifs is 15. The molecule has 8 aromatic carbocycles. The number of nitrogens with zero attached hydrogens (tertiary/aromatic N) is 4. The van der Waals surface area contributed by atoms with Gasteiger partial charge in [-0.05, 0) is 116 Å². The first kappa shape index (κ1) is 34.7. The van der Waals surface area contributed by atoms with Gasteiger partial charge >= 0.3 is 0 Å². The summed E-state index contributed by atoms with van der Waals surface area (Å²) >= 11 is 0. The van der Waals surface area contributed by atoms with Gasteiger partial charge in [-0.2, -0.15) is 0 Å². The summed E-state index contributed by atoms with van der Waals surface area (Å²) in [5.41, 5.74) is 13.9. The van der Waals surface area contributed by atoms with Crippen LogP contribution in [0.3, 0.4) is 0 Å². The lowest BCUT2D eigenvalue weighted by Crippen LogP contribution is -2.15. The molecule has 4 nitrogen and oxygen atoms in total. The van der Waals surface area contributed by atoms with Crippen LogP contribution in [0.4, 0.5) is 17.1 Å². The van der Waals surface area contributed by atoms with Gasteiger partial charge in [-0.15, -0.1) is 0 Å². The van der Waals surface area contributed by atoms with Crippen LogP contribution in [0.2, 0.25) is 0 Å². The van der Waals surface area contributed by atoms with Gasteiger partial charge in [-0.1, -0.05) is 126 Å². The molecule has 0 aliphatic heterocycles. The van der Waals surface area contributed by atoms with E-state index < -0.39 is 0 Å². The molecule has 0 fully saturated rings. The van der Waals surface area contributed by atoms with E-state index in [-0.39, 0.29) is 10.8 Å². The van der Waals surface area contributed by atoms with Crippen molar-refractivity contribution in [1.82, 2.24) is 13.8 Å². The lowest BCUT2D eigenvalue weighted by molar-refractivity contribution is 0.591. The molecule has 0 amide bonds. The van der Waals surface area contributed by atoms with Crippen molar-refractivity contribution in [3.8, 4) is 0 Å². The first-order valence-corrected chi connectivity index (χ1v) is 21.6. The summed E-state index contributed by atoms with van der Waals surface area (Å²) in [6.45, 7) is 14.0. The number of hydrogen-bond acceptors (Lipinski definition) is 2. The fraction of sp³-hybridized carbons (Fsp3) is 0.140. The van der Waals surface area contributed by atoms with Crippen LogP contribution in [-0.4, -0.2) is 13.8 Å². The van der Waals surface area contributed by atoms with Crippen molar-refractivity contribution in [3.05, 3.63) is 169 Å². The number of benzene rings is 8. The quantitative estimate of drug-likeness (QED) is 0.178. The minimum Gasteiger partial charge on any atom is -0.308 e. The number of anilines is 3. The first-order chi connectivity index (χ1) is 29.5. The van der Waals surface area contributed by atoms with Crippen molar-refractivity contribution in [1.29, 1.82) is 0 Å². The highest BCUT2D eigenvalue weighted by atomic mass is 15.2. The van der Waals surface area contributed by atoms with Gasteiger partial charge in [0.15, 0.2) is 0 Å². The van der Waals surface area contributed by atoms with Gasteiger partial charge in [0.1, 0.15) is 5.65 Å². The molecule has 13 rings (SSSR count). The van der Waals surface area contributed by atoms with Crippen LogP contribution in [0.5, 0.6) is 0 Å². The molecule has 0 bridgehead atoms. The average molecular weight is 785 g/mol. The summed E-state index contributed by atoms with van der Waals surface area (Å²) in [7, 11) is 0. The normalized spacial score (nSPS) is 13.1. The summed E-state index contributed by atoms with van der Waals surface area (Å²) in [6.07, 6.45) is 0. The molecule has 61 heavy (non-hydrogen) atoms. The molecule has 0 radical (unpaired) electrons. The van der Waals surface area contributed by atoms with Crippen LogP contribution in [0.25, 0.3) is 98.0 Å². The smallest absolute Gasteiger partial charge is 0.146 e. The summed E-state index contributed by atoms with van der Waals surface area (Å²) in [5.74, 6) is 0. The minimum atomic E-state index is -0.0923. The number of rotatable bonds is 3. The Morgan fingerprint density at radius 2 is 0.951 bits per heavy atom. The van der Waals surface area contributed by atoms with E-state index in [9.17, 15) is 0 Å². The average Bonchev–Trinajstić information content (AvgIpc) is 3.97. The molecule has 0 saturated carbocycles. The molecule has 5 heterocycles. The minimum absolute atomic E-state index is 0.0726. The SMILES string of the molecule is CC(C)(C)c1cc(N(c2ccccc2)c2ccccc2)c2c(c1)c1cc(C(C)(C)C)cc3c4cc5c(nc4n2c31)c1cc2ccccc2c2c3cc4ccccc4cc3n5c12. The van der Waals surface area contributed by atoms with E-state index in [1.54, 1.807) is 0 Å². The maximum absolute atomic E-state index is 5.92. The van der Waals surface area contributed by atoms with E-state index in [0.717, 1.165) is 33.7 Å². The van der Waals surface area contributed by atoms with Gasteiger partial charge < -0.3 is 9.30 Å². The Morgan fingerprint density at radius 1 is 0.410 bits per heavy atom. The molecular formula is C57H44N4. The van der Waals surface area contributed by atoms with Crippen molar-refractivity contribution < 1.29 is 0 Å². The number of para-hydroxylation sites is 2. The molecule has 0 N–H and O–H groups in total. The van der Waals surface area contributed by atoms with E-state index in [4.69, 9.17) is 4.98 Å². The van der Waals surface area contributed by atoms with Gasteiger partial charge in [0.25, 0.3) is 0 Å². The molecule has 5 aromatic heterocycles. The van der Waals surface area contributed by atoms with Crippen LogP contribution >= 0.6 is 0 Å². The molecule has 0 saturated heterocycles. The third-order valence-electron chi connectivity index (χ3n) is 13.5. The fourth-order valence-electron chi connectivity index (χ4n) is 10.5. The molecule has 0 aliphatic rings. The zero-order valence-electron chi connectivity index (χ0n) is 35.3. The van der Waals surface area contributed by atoms with Crippen molar-refractivity contribution in [2.75, 3.05) is 4.90 Å². The Balaban J connectivity index is 1.27. The Labute approximate surface area is 353 Å². The van der Waals surface area contributed by atoms with E-state index in [0.29, 0.717) is 0 Å². The number of pyridine rings is 1. The number of hydrogen-bond donors (Lipinski definition) is 0. The van der Waals surface area contributed by atoms with Crippen LogP contribution in [0, 0.1) is 0 Å². The van der Waals surface area contributed by atoms with Gasteiger partial charge in [0.05, 0.1) is 38.8 Å². The Bertz CT molecular complexity index is 3890. The van der Waals surface area contributed by atoms with Crippen molar-refractivity contribution >= 4 is 115 Å². The standard InChI is InChI=1S/C57H44N4/c1-56(2,3)36-28-41-42-30-37(57(4,5)6)31-49(59(38-20-9-7-10-21-38)39-22-11-8-12-23-39)53(42)61-52(41)43(29-36)44-32-48-51(58-55(44)61)46-26-35-19-15-16-24-40(35)50-45-25-33-17-13-14-18-34(33)27-47(45)60(48)54(46)50/h7-32H,1-6H3. The number of aromatic nitrogens is 3. The molecule has 0 atom stereocenters. The second-order valence-electron chi connectivity index (χ2n) is 19.3.